The molecule has 0 saturated carbocycles. The number of carbonyl (C=O) groups excluding carboxylic acids is 2. The Morgan fingerprint density at radius 1 is 0.900 bits per heavy atom. The number of nitrogen functional groups attached to an aromatic ring is 2. The van der Waals surface area contributed by atoms with Crippen molar-refractivity contribution in [3.8, 4) is 0 Å². The molecule has 2 aromatic rings. The molecule has 1 heterocycles. The second kappa shape index (κ2) is 4.21. The van der Waals surface area contributed by atoms with Crippen LogP contribution in [0.1, 0.15) is 20.7 Å². The number of anilines is 2. The summed E-state index contributed by atoms with van der Waals surface area (Å²) in [7, 11) is 0. The Balaban J connectivity index is 2.38. The summed E-state index contributed by atoms with van der Waals surface area (Å²) in [4.78, 5) is 25.9. The molecule has 6 nitrogen and oxygen atoms in total. The first-order valence-corrected chi connectivity index (χ1v) is 6.22. The van der Waals surface area contributed by atoms with E-state index in [2.05, 4.69) is 0 Å². The highest BCUT2D eigenvalue weighted by Gasteiger charge is 2.32. The lowest BCUT2D eigenvalue weighted by Crippen LogP contribution is -2.43. The summed E-state index contributed by atoms with van der Waals surface area (Å²) in [6.45, 7) is 0.378. The Hall–Kier alpha value is -2.60. The van der Waals surface area contributed by atoms with E-state index in [0.29, 0.717) is 33.3 Å². The third kappa shape index (κ3) is 1.62. The molecule has 6 N–H and O–H groups in total. The molecule has 0 aliphatic carbocycles. The van der Waals surface area contributed by atoms with E-state index in [-0.39, 0.29) is 24.9 Å². The number of imide groups is 1. The van der Waals surface area contributed by atoms with Gasteiger partial charge in [0.2, 0.25) is 0 Å². The van der Waals surface area contributed by atoms with Gasteiger partial charge in [0.1, 0.15) is 0 Å². The predicted octanol–water partition coefficient (Wildman–Crippen LogP) is 0.559. The minimum absolute atomic E-state index is 0.169. The normalized spacial score (nSPS) is 14.2. The Labute approximate surface area is 115 Å². The number of nitrogens with zero attached hydrogens (tertiary/aromatic N) is 1. The first-order valence-electron chi connectivity index (χ1n) is 6.22. The maximum absolute atomic E-state index is 12.4. The third-order valence-electron chi connectivity index (χ3n) is 3.40. The van der Waals surface area contributed by atoms with Gasteiger partial charge in [-0.25, -0.2) is 0 Å². The van der Waals surface area contributed by atoms with Gasteiger partial charge in [0.05, 0.1) is 11.1 Å². The summed E-state index contributed by atoms with van der Waals surface area (Å²) < 4.78 is 0. The maximum Gasteiger partial charge on any atom is 0.261 e. The number of hydrogen-bond donors (Lipinski definition) is 3. The molecule has 0 fully saturated rings. The van der Waals surface area contributed by atoms with Crippen LogP contribution >= 0.6 is 0 Å². The van der Waals surface area contributed by atoms with Gasteiger partial charge in [-0.1, -0.05) is 0 Å². The summed E-state index contributed by atoms with van der Waals surface area (Å²) in [5.41, 5.74) is 18.9. The van der Waals surface area contributed by atoms with Crippen LogP contribution in [0.2, 0.25) is 0 Å². The maximum atomic E-state index is 12.4. The Morgan fingerprint density at radius 3 is 1.85 bits per heavy atom. The van der Waals surface area contributed by atoms with Crippen LogP contribution in [0.3, 0.4) is 0 Å². The second-order valence-corrected chi connectivity index (χ2v) is 4.79. The van der Waals surface area contributed by atoms with E-state index in [1.54, 1.807) is 24.3 Å². The minimum atomic E-state index is -0.366. The van der Waals surface area contributed by atoms with E-state index < -0.39 is 0 Å². The first kappa shape index (κ1) is 12.4. The average Bonchev–Trinajstić information content (AvgIpc) is 2.39. The zero-order valence-corrected chi connectivity index (χ0v) is 10.7. The fraction of sp³-hybridized carbons (Fsp3) is 0.143. The number of hydrogen-bond acceptors (Lipinski definition) is 5. The molecule has 0 atom stereocenters. The van der Waals surface area contributed by atoms with E-state index in [9.17, 15) is 9.59 Å². The predicted molar refractivity (Wildman–Crippen MR) is 77.2 cm³/mol. The lowest BCUT2D eigenvalue weighted by molar-refractivity contribution is 0.0615. The van der Waals surface area contributed by atoms with Crippen LogP contribution in [0, 0.1) is 0 Å². The molecule has 2 amide bonds. The molecule has 0 aromatic heterocycles. The first-order chi connectivity index (χ1) is 9.52. The number of nitrogens with two attached hydrogens (primary N) is 3. The average molecular weight is 270 g/mol. The van der Waals surface area contributed by atoms with Gasteiger partial charge in [-0.3, -0.25) is 14.5 Å². The SMILES string of the molecule is NCCN1C(=O)c2cc(N)cc3cc(N)cc(c23)C1=O. The smallest absolute Gasteiger partial charge is 0.261 e. The van der Waals surface area contributed by atoms with Crippen molar-refractivity contribution in [2.24, 2.45) is 5.73 Å². The number of amides is 2. The molecule has 3 rings (SSSR count). The third-order valence-corrected chi connectivity index (χ3v) is 3.40. The lowest BCUT2D eigenvalue weighted by Gasteiger charge is -2.27. The van der Waals surface area contributed by atoms with Crippen molar-refractivity contribution in [2.75, 3.05) is 24.6 Å². The Bertz CT molecular complexity index is 698. The molecule has 2 aromatic carbocycles. The highest BCUT2D eigenvalue weighted by atomic mass is 16.2. The highest BCUT2D eigenvalue weighted by molar-refractivity contribution is 6.26. The molecule has 1 aliphatic heterocycles. The van der Waals surface area contributed by atoms with Crippen molar-refractivity contribution in [2.45, 2.75) is 0 Å². The van der Waals surface area contributed by atoms with Crippen molar-refractivity contribution in [1.82, 2.24) is 4.90 Å². The van der Waals surface area contributed by atoms with Crippen LogP contribution in [0.4, 0.5) is 11.4 Å². The molecule has 0 spiro atoms. The Kier molecular flexibility index (Phi) is 2.62. The summed E-state index contributed by atoms with van der Waals surface area (Å²) >= 11 is 0. The quantitative estimate of drug-likeness (QED) is 0.544. The molecule has 0 saturated heterocycles. The molecule has 0 unspecified atom stereocenters. The van der Waals surface area contributed by atoms with Crippen LogP contribution in [-0.2, 0) is 0 Å². The zero-order chi connectivity index (χ0) is 14.4. The van der Waals surface area contributed by atoms with Crippen LogP contribution in [0.15, 0.2) is 24.3 Å². The van der Waals surface area contributed by atoms with Gasteiger partial charge in [0.15, 0.2) is 0 Å². The van der Waals surface area contributed by atoms with Crippen molar-refractivity contribution in [3.63, 3.8) is 0 Å². The molecule has 1 aliphatic rings. The Morgan fingerprint density at radius 2 is 1.40 bits per heavy atom. The van der Waals surface area contributed by atoms with E-state index in [0.717, 1.165) is 4.90 Å². The zero-order valence-electron chi connectivity index (χ0n) is 10.7. The highest BCUT2D eigenvalue weighted by Crippen LogP contribution is 2.33. The van der Waals surface area contributed by atoms with E-state index >= 15 is 0 Å². The van der Waals surface area contributed by atoms with Crippen molar-refractivity contribution in [1.29, 1.82) is 0 Å². The lowest BCUT2D eigenvalue weighted by atomic mass is 9.93. The van der Waals surface area contributed by atoms with Crippen molar-refractivity contribution < 1.29 is 9.59 Å². The second-order valence-electron chi connectivity index (χ2n) is 4.79. The molecular weight excluding hydrogens is 256 g/mol. The topological polar surface area (TPSA) is 115 Å². The standard InChI is InChI=1S/C14H14N4O2/c15-1-2-18-13(19)10-5-8(16)3-7-4-9(17)6-11(12(7)10)14(18)20/h3-6H,1-2,15-17H2. The summed E-state index contributed by atoms with van der Waals surface area (Å²) in [5.74, 6) is -0.731. The van der Waals surface area contributed by atoms with Crippen LogP contribution in [0.25, 0.3) is 10.8 Å². The molecule has 0 radical (unpaired) electrons. The molecule has 0 bridgehead atoms. The minimum Gasteiger partial charge on any atom is -0.399 e. The molecular formula is C14H14N4O2. The van der Waals surface area contributed by atoms with Crippen molar-refractivity contribution >= 4 is 34.0 Å². The largest absolute Gasteiger partial charge is 0.399 e. The molecule has 6 heteroatoms. The fourth-order valence-electron chi connectivity index (χ4n) is 2.61. The van der Waals surface area contributed by atoms with Gasteiger partial charge in [0.25, 0.3) is 11.8 Å². The van der Waals surface area contributed by atoms with Crippen LogP contribution in [0.5, 0.6) is 0 Å². The van der Waals surface area contributed by atoms with Crippen LogP contribution in [-0.4, -0.2) is 29.8 Å². The van der Waals surface area contributed by atoms with Crippen LogP contribution < -0.4 is 17.2 Å². The fourth-order valence-corrected chi connectivity index (χ4v) is 2.61. The van der Waals surface area contributed by atoms with Gasteiger partial charge >= 0.3 is 0 Å². The molecule has 102 valence electrons. The summed E-state index contributed by atoms with van der Waals surface area (Å²) in [6, 6.07) is 6.58. The van der Waals surface area contributed by atoms with Gasteiger partial charge in [0, 0.05) is 29.9 Å². The number of rotatable bonds is 2. The van der Waals surface area contributed by atoms with Gasteiger partial charge in [-0.05, 0) is 29.7 Å². The van der Waals surface area contributed by atoms with E-state index in [1.807, 2.05) is 0 Å². The van der Waals surface area contributed by atoms with Gasteiger partial charge in [-0.2, -0.15) is 0 Å². The van der Waals surface area contributed by atoms with E-state index in [4.69, 9.17) is 17.2 Å². The number of carbonyl (C=O) groups is 2. The van der Waals surface area contributed by atoms with Gasteiger partial charge < -0.3 is 17.2 Å². The van der Waals surface area contributed by atoms with Gasteiger partial charge in [-0.15, -0.1) is 0 Å². The van der Waals surface area contributed by atoms with E-state index in [1.165, 1.54) is 0 Å². The summed E-state index contributed by atoms with van der Waals surface area (Å²) in [6.07, 6.45) is 0. The summed E-state index contributed by atoms with van der Waals surface area (Å²) in [5, 5.41) is 1.31. The monoisotopic (exact) mass is 270 g/mol. The number of benzene rings is 2. The molecule has 20 heavy (non-hydrogen) atoms. The van der Waals surface area contributed by atoms with Crippen molar-refractivity contribution in [3.05, 3.63) is 35.4 Å².